The minimum atomic E-state index is -4.24. The number of sulfonamides is 1. The van der Waals surface area contributed by atoms with Crippen LogP contribution in [0.15, 0.2) is 12.1 Å². The predicted octanol–water partition coefficient (Wildman–Crippen LogP) is 4.84. The first kappa shape index (κ1) is 42.3. The highest BCUT2D eigenvalue weighted by Crippen LogP contribution is 2.58. The Kier molecular flexibility index (Phi) is 10.5. The van der Waals surface area contributed by atoms with Gasteiger partial charge in [-0.15, -0.1) is 0 Å². The third kappa shape index (κ3) is 8.06. The van der Waals surface area contributed by atoms with Crippen LogP contribution in [0.2, 0.25) is 0 Å². The average Bonchev–Trinajstić information content (AvgIpc) is 4.09. The molecule has 0 spiro atoms. The molecule has 2 aromatic rings. The summed E-state index contributed by atoms with van der Waals surface area (Å²) in [5.74, 6) is -12.0. The Morgan fingerprint density at radius 1 is 0.967 bits per heavy atom. The normalized spacial score (nSPS) is 33.0. The minimum Gasteiger partial charge on any atom is -0.471 e. The van der Waals surface area contributed by atoms with Crippen molar-refractivity contribution in [3.63, 3.8) is 0 Å². The van der Waals surface area contributed by atoms with Gasteiger partial charge >= 0.3 is 6.09 Å². The average molecular weight is 873 g/mol. The van der Waals surface area contributed by atoms with Gasteiger partial charge in [0.1, 0.15) is 29.8 Å². The fourth-order valence-corrected chi connectivity index (χ4v) is 10.6. The molecule has 9 atom stereocenters. The van der Waals surface area contributed by atoms with Crippen molar-refractivity contribution in [1.29, 1.82) is 0 Å². The van der Waals surface area contributed by atoms with Gasteiger partial charge < -0.3 is 25.0 Å². The number of hydrogen-bond donors (Lipinski definition) is 3. The number of nitrogens with zero attached hydrogens (tertiary/aromatic N) is 3. The van der Waals surface area contributed by atoms with Crippen LogP contribution in [-0.2, 0) is 35.1 Å². The van der Waals surface area contributed by atoms with Crippen molar-refractivity contribution < 1.29 is 63.4 Å². The quantitative estimate of drug-likeness (QED) is 0.340. The Labute approximate surface area is 341 Å². The van der Waals surface area contributed by atoms with E-state index in [-0.39, 0.29) is 36.6 Å². The van der Waals surface area contributed by atoms with E-state index in [1.54, 1.807) is 20.8 Å². The molecule has 5 fully saturated rings. The van der Waals surface area contributed by atoms with Gasteiger partial charge in [0.25, 0.3) is 11.8 Å². The first-order chi connectivity index (χ1) is 28.1. The number of amides is 4. The summed E-state index contributed by atoms with van der Waals surface area (Å²) in [6.45, 7) is 4.36. The van der Waals surface area contributed by atoms with Crippen LogP contribution in [0.3, 0.4) is 0 Å². The zero-order valence-corrected chi connectivity index (χ0v) is 33.8. The summed E-state index contributed by atoms with van der Waals surface area (Å²) in [6.07, 6.45) is -5.11. The Bertz CT molecular complexity index is 2230. The van der Waals surface area contributed by atoms with Gasteiger partial charge in [0.2, 0.25) is 34.1 Å². The zero-order chi connectivity index (χ0) is 43.3. The Morgan fingerprint density at radius 3 is 2.28 bits per heavy atom. The summed E-state index contributed by atoms with van der Waals surface area (Å²) in [5, 5.41) is 4.04. The smallest absolute Gasteiger partial charge is 0.408 e. The van der Waals surface area contributed by atoms with E-state index >= 15 is 8.78 Å². The van der Waals surface area contributed by atoms with E-state index in [0.29, 0.717) is 37.3 Å². The van der Waals surface area contributed by atoms with Gasteiger partial charge in [-0.05, 0) is 68.1 Å². The highest BCUT2D eigenvalue weighted by molar-refractivity contribution is 7.91. The van der Waals surface area contributed by atoms with Crippen LogP contribution in [0.5, 0.6) is 5.88 Å². The number of aromatic nitrogens is 2. The lowest BCUT2D eigenvalue weighted by atomic mass is 9.85. The Balaban J connectivity index is 1.16. The van der Waals surface area contributed by atoms with Gasteiger partial charge in [-0.25, -0.2) is 40.7 Å². The fourth-order valence-electron chi connectivity index (χ4n) is 9.23. The van der Waals surface area contributed by atoms with Crippen LogP contribution in [0, 0.1) is 40.7 Å². The largest absolute Gasteiger partial charge is 0.471 e. The highest BCUT2D eigenvalue weighted by Gasteiger charge is 2.67. The maximum atomic E-state index is 16.3. The molecule has 328 valence electrons. The number of rotatable bonds is 6. The van der Waals surface area contributed by atoms with Crippen molar-refractivity contribution in [1.82, 2.24) is 30.2 Å². The highest BCUT2D eigenvalue weighted by atomic mass is 32.2. The van der Waals surface area contributed by atoms with Crippen molar-refractivity contribution in [3.8, 4) is 5.88 Å². The molecule has 1 saturated heterocycles. The number of nitrogens with one attached hydrogen (secondary N) is 3. The third-order valence-corrected chi connectivity index (χ3v) is 14.7. The molecule has 2 aliphatic heterocycles. The number of alkyl halides is 4. The molecule has 3 heterocycles. The van der Waals surface area contributed by atoms with Crippen LogP contribution in [-0.4, -0.2) is 95.2 Å². The van der Waals surface area contributed by atoms with Gasteiger partial charge in [0.15, 0.2) is 17.3 Å². The lowest BCUT2D eigenvalue weighted by Gasteiger charge is -2.36. The van der Waals surface area contributed by atoms with Crippen molar-refractivity contribution >= 4 is 44.9 Å². The van der Waals surface area contributed by atoms with E-state index < -0.39 is 147 Å². The van der Waals surface area contributed by atoms with Crippen molar-refractivity contribution in [2.45, 2.75) is 132 Å². The van der Waals surface area contributed by atoms with E-state index in [9.17, 15) is 45.2 Å². The van der Waals surface area contributed by atoms with Crippen LogP contribution >= 0.6 is 0 Å². The summed E-state index contributed by atoms with van der Waals surface area (Å²) in [5.41, 5.74) is -5.16. The number of benzene rings is 1. The van der Waals surface area contributed by atoms with Gasteiger partial charge in [-0.2, -0.15) is 8.78 Å². The van der Waals surface area contributed by atoms with Crippen molar-refractivity contribution in [3.05, 3.63) is 29.5 Å². The molecule has 4 amide bonds. The molecular weight excluding hydrogens is 827 g/mol. The molecule has 4 saturated carbocycles. The second-order valence-corrected chi connectivity index (χ2v) is 20.3. The number of alkyl carbamates (subject to hydrolysis) is 1. The maximum absolute atomic E-state index is 16.3. The SMILES string of the molecule is CC(C)(C)[C@@H]1NC(=O)O[C@@H]2CC3C[C@@H]3[C@H]2CCCCC(F)(F)c2nc3cc(F)c(F)cc3nc2O[C@@H]2C[C@@H](C(=O)N[C@]3(C(=O)NS(=O)(=O)C4CC4)C[C@H]3C(F)F)N(C2)C1=O. The van der Waals surface area contributed by atoms with Crippen LogP contribution in [0.25, 0.3) is 11.0 Å². The molecule has 8 rings (SSSR count). The first-order valence-corrected chi connectivity index (χ1v) is 21.8. The molecule has 6 aliphatic rings. The fraction of sp³-hybridized carbons (Fsp3) is 0.692. The summed E-state index contributed by atoms with van der Waals surface area (Å²) in [6, 6.07) is -1.78. The topological polar surface area (TPSA) is 186 Å². The van der Waals surface area contributed by atoms with Gasteiger partial charge in [0, 0.05) is 25.0 Å². The second-order valence-electron chi connectivity index (χ2n) is 18.3. The summed E-state index contributed by atoms with van der Waals surface area (Å²) < 4.78 is 129. The number of ether oxygens (including phenoxy) is 2. The second kappa shape index (κ2) is 14.9. The molecule has 1 aromatic carbocycles. The molecule has 14 nitrogen and oxygen atoms in total. The summed E-state index contributed by atoms with van der Waals surface area (Å²) in [4.78, 5) is 64.9. The molecule has 4 aliphatic carbocycles. The van der Waals surface area contributed by atoms with Crippen LogP contribution in [0.1, 0.15) is 90.7 Å². The lowest BCUT2D eigenvalue weighted by molar-refractivity contribution is -0.143. The number of carbonyl (C=O) groups excluding carboxylic acids is 4. The van der Waals surface area contributed by atoms with Gasteiger partial charge in [0.05, 0.1) is 28.7 Å². The predicted molar refractivity (Wildman–Crippen MR) is 198 cm³/mol. The number of carbonyl (C=O) groups is 4. The van der Waals surface area contributed by atoms with Gasteiger partial charge in [-0.3, -0.25) is 19.1 Å². The number of fused-ring (bicyclic) bond motifs is 7. The lowest BCUT2D eigenvalue weighted by Crippen LogP contribution is -2.60. The molecular formula is C39H46F6N6O8S. The van der Waals surface area contributed by atoms with E-state index in [2.05, 4.69) is 20.6 Å². The van der Waals surface area contributed by atoms with Crippen molar-refractivity contribution in [2.24, 2.45) is 29.1 Å². The van der Waals surface area contributed by atoms with Crippen LogP contribution in [0.4, 0.5) is 31.1 Å². The summed E-state index contributed by atoms with van der Waals surface area (Å²) >= 11 is 0. The molecule has 1 unspecified atom stereocenters. The van der Waals surface area contributed by atoms with E-state index in [1.165, 1.54) is 0 Å². The van der Waals surface area contributed by atoms with Gasteiger partial charge in [-0.1, -0.05) is 27.2 Å². The monoisotopic (exact) mass is 872 g/mol. The minimum absolute atomic E-state index is 0.00626. The van der Waals surface area contributed by atoms with Crippen molar-refractivity contribution in [2.75, 3.05) is 6.54 Å². The molecule has 2 bridgehead atoms. The Hall–Kier alpha value is -4.43. The first-order valence-electron chi connectivity index (χ1n) is 20.2. The number of halogens is 6. The van der Waals surface area contributed by atoms with E-state index in [1.807, 2.05) is 4.72 Å². The maximum Gasteiger partial charge on any atom is 0.408 e. The molecule has 3 N–H and O–H groups in total. The zero-order valence-electron chi connectivity index (χ0n) is 33.0. The third-order valence-electron chi connectivity index (χ3n) is 12.9. The van der Waals surface area contributed by atoms with Crippen LogP contribution < -0.4 is 20.1 Å². The molecule has 21 heteroatoms. The molecule has 0 radical (unpaired) electrons. The Morgan fingerprint density at radius 2 is 1.65 bits per heavy atom. The summed E-state index contributed by atoms with van der Waals surface area (Å²) in [7, 11) is -4.24. The van der Waals surface area contributed by atoms with E-state index in [0.717, 1.165) is 11.3 Å². The molecule has 1 aromatic heterocycles. The molecule has 60 heavy (non-hydrogen) atoms. The van der Waals surface area contributed by atoms with E-state index in [4.69, 9.17) is 9.47 Å². The standard InChI is InChI=1S/C39H46F6N6O8S/c1-37(2,3)30-34(53)51-16-18(12-27(51)32(52)49-38(15-22(38)31(42)43)35(54)50-60(56,57)19-7-8-19)58-33-29(46-25-13-23(40)24(41)14-26(25)47-33)39(44,45)9-5-4-6-20-21-10-17(21)11-28(20)59-36(55)48-30/h13-14,17-22,27-28,30-31H,4-12,15-16H2,1-3H3,(H,48,55)(H,49,52)(H,50,54)/t17?,18-,20-,21+,22+,27+,28-,30-,38-/m1/s1. The number of hydrogen-bond acceptors (Lipinski definition) is 10.